The van der Waals surface area contributed by atoms with Crippen molar-refractivity contribution in [3.63, 3.8) is 0 Å². The molecule has 2 aliphatic rings. The summed E-state index contributed by atoms with van der Waals surface area (Å²) in [6.45, 7) is 2.96. The van der Waals surface area contributed by atoms with Crippen LogP contribution in [0, 0.1) is 5.92 Å². The van der Waals surface area contributed by atoms with Gasteiger partial charge in [0.2, 0.25) is 0 Å². The van der Waals surface area contributed by atoms with Crippen LogP contribution in [0.25, 0.3) is 0 Å². The fourth-order valence-corrected chi connectivity index (χ4v) is 3.20. The van der Waals surface area contributed by atoms with Crippen molar-refractivity contribution in [3.05, 3.63) is 17.5 Å². The molecule has 0 radical (unpaired) electrons. The molecule has 4 nitrogen and oxygen atoms in total. The van der Waals surface area contributed by atoms with E-state index in [0.29, 0.717) is 12.5 Å². The van der Waals surface area contributed by atoms with Crippen molar-refractivity contribution < 1.29 is 9.26 Å². The van der Waals surface area contributed by atoms with E-state index in [2.05, 4.69) is 18.1 Å². The molecular formula is C15H24N2O2. The van der Waals surface area contributed by atoms with Crippen molar-refractivity contribution in [3.8, 4) is 0 Å². The molecule has 1 aliphatic carbocycles. The van der Waals surface area contributed by atoms with Gasteiger partial charge in [-0.3, -0.25) is 0 Å². The van der Waals surface area contributed by atoms with Gasteiger partial charge in [0, 0.05) is 18.0 Å². The maximum atomic E-state index is 5.84. The van der Waals surface area contributed by atoms with E-state index >= 15 is 0 Å². The van der Waals surface area contributed by atoms with Crippen molar-refractivity contribution in [2.75, 3.05) is 6.61 Å². The van der Waals surface area contributed by atoms with E-state index < -0.39 is 0 Å². The third kappa shape index (κ3) is 3.00. The second-order valence-corrected chi connectivity index (χ2v) is 6.27. The van der Waals surface area contributed by atoms with Crippen LogP contribution in [-0.4, -0.2) is 17.8 Å². The zero-order chi connectivity index (χ0) is 13.2. The smallest absolute Gasteiger partial charge is 0.165 e. The van der Waals surface area contributed by atoms with Crippen molar-refractivity contribution in [1.82, 2.24) is 5.16 Å². The molecule has 0 amide bonds. The SMILES string of the molecule is CC1CCC(c2cc([C@@H]3CC[C@@H](N)CO3)on2)CC1. The van der Waals surface area contributed by atoms with Gasteiger partial charge in [0.15, 0.2) is 5.76 Å². The number of nitrogens with two attached hydrogens (primary N) is 1. The third-order valence-corrected chi connectivity index (χ3v) is 4.61. The van der Waals surface area contributed by atoms with E-state index in [4.69, 9.17) is 15.0 Å². The van der Waals surface area contributed by atoms with E-state index in [9.17, 15) is 0 Å². The lowest BCUT2D eigenvalue weighted by atomic mass is 9.81. The Hall–Kier alpha value is -0.870. The maximum Gasteiger partial charge on any atom is 0.165 e. The van der Waals surface area contributed by atoms with Gasteiger partial charge in [-0.25, -0.2) is 0 Å². The Morgan fingerprint density at radius 1 is 1.16 bits per heavy atom. The predicted octanol–water partition coefficient (Wildman–Crippen LogP) is 3.15. The summed E-state index contributed by atoms with van der Waals surface area (Å²) in [6.07, 6.45) is 7.10. The van der Waals surface area contributed by atoms with Gasteiger partial charge in [0.1, 0.15) is 6.10 Å². The first-order valence-corrected chi connectivity index (χ1v) is 7.56. The van der Waals surface area contributed by atoms with Crippen LogP contribution in [0.15, 0.2) is 10.6 Å². The van der Waals surface area contributed by atoms with Crippen molar-refractivity contribution in [2.45, 2.75) is 63.5 Å². The summed E-state index contributed by atoms with van der Waals surface area (Å²) in [4.78, 5) is 0. The van der Waals surface area contributed by atoms with Gasteiger partial charge in [-0.2, -0.15) is 0 Å². The van der Waals surface area contributed by atoms with Gasteiger partial charge in [-0.1, -0.05) is 24.9 Å². The number of aromatic nitrogens is 1. The Bertz CT molecular complexity index is 366. The van der Waals surface area contributed by atoms with Crippen LogP contribution in [0.4, 0.5) is 0 Å². The maximum absolute atomic E-state index is 5.84. The van der Waals surface area contributed by atoms with Crippen LogP contribution in [0.3, 0.4) is 0 Å². The number of hydrogen-bond donors (Lipinski definition) is 1. The number of rotatable bonds is 2. The molecule has 0 spiro atoms. The van der Waals surface area contributed by atoms with E-state index in [-0.39, 0.29) is 12.1 Å². The molecular weight excluding hydrogens is 240 g/mol. The van der Waals surface area contributed by atoms with Crippen LogP contribution in [-0.2, 0) is 4.74 Å². The Morgan fingerprint density at radius 2 is 1.95 bits per heavy atom. The average Bonchev–Trinajstić information content (AvgIpc) is 2.90. The monoisotopic (exact) mass is 264 g/mol. The second kappa shape index (κ2) is 5.63. The zero-order valence-electron chi connectivity index (χ0n) is 11.7. The van der Waals surface area contributed by atoms with Gasteiger partial charge in [-0.05, 0) is 31.6 Å². The summed E-state index contributed by atoms with van der Waals surface area (Å²) in [7, 11) is 0. The minimum atomic E-state index is 0.0589. The molecule has 1 aliphatic heterocycles. The molecule has 19 heavy (non-hydrogen) atoms. The Balaban J connectivity index is 1.63. The summed E-state index contributed by atoms with van der Waals surface area (Å²) in [6, 6.07) is 2.29. The highest BCUT2D eigenvalue weighted by molar-refractivity contribution is 5.13. The van der Waals surface area contributed by atoms with Crippen LogP contribution in [0.1, 0.15) is 68.9 Å². The van der Waals surface area contributed by atoms with E-state index in [1.165, 1.54) is 25.7 Å². The van der Waals surface area contributed by atoms with Crippen molar-refractivity contribution in [2.24, 2.45) is 11.7 Å². The Morgan fingerprint density at radius 3 is 2.63 bits per heavy atom. The summed E-state index contributed by atoms with van der Waals surface area (Å²) >= 11 is 0. The van der Waals surface area contributed by atoms with Crippen molar-refractivity contribution in [1.29, 1.82) is 0 Å². The molecule has 1 saturated carbocycles. The molecule has 2 heterocycles. The average molecular weight is 264 g/mol. The third-order valence-electron chi connectivity index (χ3n) is 4.61. The fourth-order valence-electron chi connectivity index (χ4n) is 3.20. The largest absolute Gasteiger partial charge is 0.369 e. The first-order chi connectivity index (χ1) is 9.22. The standard InChI is InChI=1S/C15H24N2O2/c1-10-2-4-11(5-3-10)13-8-15(19-17-13)14-7-6-12(16)9-18-14/h8,10-12,14H,2-7,9,16H2,1H3/t10?,11?,12-,14+/m1/s1. The Kier molecular flexibility index (Phi) is 3.89. The molecule has 0 unspecified atom stereocenters. The molecule has 2 N–H and O–H groups in total. The first-order valence-electron chi connectivity index (χ1n) is 7.56. The number of ether oxygens (including phenoxy) is 1. The molecule has 1 aromatic rings. The van der Waals surface area contributed by atoms with Gasteiger partial charge >= 0.3 is 0 Å². The van der Waals surface area contributed by atoms with Crippen LogP contribution in [0.5, 0.6) is 0 Å². The highest BCUT2D eigenvalue weighted by Gasteiger charge is 2.27. The van der Waals surface area contributed by atoms with E-state index in [1.54, 1.807) is 0 Å². The van der Waals surface area contributed by atoms with Crippen LogP contribution < -0.4 is 5.73 Å². The molecule has 2 atom stereocenters. The highest BCUT2D eigenvalue weighted by atomic mass is 16.5. The lowest BCUT2D eigenvalue weighted by molar-refractivity contribution is -0.0111. The molecule has 1 saturated heterocycles. The summed E-state index contributed by atoms with van der Waals surface area (Å²) in [5, 5.41) is 4.27. The molecule has 1 aromatic heterocycles. The van der Waals surface area contributed by atoms with Crippen LogP contribution >= 0.6 is 0 Å². The van der Waals surface area contributed by atoms with Gasteiger partial charge in [0.05, 0.1) is 12.3 Å². The molecule has 0 aromatic carbocycles. The minimum absolute atomic E-state index is 0.0589. The van der Waals surface area contributed by atoms with Crippen molar-refractivity contribution >= 4 is 0 Å². The summed E-state index contributed by atoms with van der Waals surface area (Å²) < 4.78 is 11.2. The molecule has 106 valence electrons. The molecule has 0 bridgehead atoms. The zero-order valence-corrected chi connectivity index (χ0v) is 11.7. The lowest BCUT2D eigenvalue weighted by Crippen LogP contribution is -2.32. The second-order valence-electron chi connectivity index (χ2n) is 6.27. The summed E-state index contributed by atoms with van der Waals surface area (Å²) in [5.74, 6) is 2.34. The van der Waals surface area contributed by atoms with Crippen LogP contribution in [0.2, 0.25) is 0 Å². The van der Waals surface area contributed by atoms with Gasteiger partial charge < -0.3 is 15.0 Å². The summed E-state index contributed by atoms with van der Waals surface area (Å²) in [5.41, 5.74) is 6.96. The molecule has 3 rings (SSSR count). The topological polar surface area (TPSA) is 61.3 Å². The normalized spacial score (nSPS) is 36.3. The predicted molar refractivity (Wildman–Crippen MR) is 72.8 cm³/mol. The first kappa shape index (κ1) is 13.1. The van der Waals surface area contributed by atoms with E-state index in [0.717, 1.165) is 30.2 Å². The van der Waals surface area contributed by atoms with E-state index in [1.807, 2.05) is 0 Å². The minimum Gasteiger partial charge on any atom is -0.369 e. The Labute approximate surface area is 114 Å². The van der Waals surface area contributed by atoms with Gasteiger partial charge in [-0.15, -0.1) is 0 Å². The quantitative estimate of drug-likeness (QED) is 0.891. The molecule has 4 heteroatoms. The number of nitrogens with zero attached hydrogens (tertiary/aromatic N) is 1. The van der Waals surface area contributed by atoms with Gasteiger partial charge in [0.25, 0.3) is 0 Å². The fraction of sp³-hybridized carbons (Fsp3) is 0.800. The number of hydrogen-bond acceptors (Lipinski definition) is 4. The molecule has 2 fully saturated rings. The highest BCUT2D eigenvalue weighted by Crippen LogP contribution is 2.36. The lowest BCUT2D eigenvalue weighted by Gasteiger charge is -2.25.